The van der Waals surface area contributed by atoms with Crippen LogP contribution in [0.1, 0.15) is 30.3 Å². The van der Waals surface area contributed by atoms with E-state index in [0.717, 1.165) is 49.0 Å². The molecule has 2 heterocycles. The monoisotopic (exact) mass is 608 g/mol. The number of benzene rings is 3. The lowest BCUT2D eigenvalue weighted by atomic mass is 10.1. The summed E-state index contributed by atoms with van der Waals surface area (Å²) in [6.45, 7) is 7.32. The van der Waals surface area contributed by atoms with Crippen LogP contribution in [0.4, 0.5) is 5.69 Å². The molecule has 6 nitrogen and oxygen atoms in total. The van der Waals surface area contributed by atoms with Crippen molar-refractivity contribution >= 4 is 67.9 Å². The number of quaternary nitrogens is 1. The molecule has 0 saturated heterocycles. The summed E-state index contributed by atoms with van der Waals surface area (Å²) in [5.74, 6) is 0.667. The molecule has 0 amide bonds. The molecule has 0 bridgehead atoms. The summed E-state index contributed by atoms with van der Waals surface area (Å²) < 4.78 is 9.15. The van der Waals surface area contributed by atoms with Crippen molar-refractivity contribution in [3.63, 3.8) is 0 Å². The highest BCUT2D eigenvalue weighted by atomic mass is 32.2. The molecular weight excluding hydrogens is 571 g/mol. The van der Waals surface area contributed by atoms with E-state index >= 15 is 0 Å². The lowest BCUT2D eigenvalue weighted by molar-refractivity contribution is -0.870. The van der Waals surface area contributed by atoms with Gasteiger partial charge in [-0.05, 0) is 60.7 Å². The van der Waals surface area contributed by atoms with Gasteiger partial charge in [-0.2, -0.15) is 8.90 Å². The predicted octanol–water partition coefficient (Wildman–Crippen LogP) is 6.87. The minimum atomic E-state index is 0.667. The van der Waals surface area contributed by atoms with Gasteiger partial charge in [0, 0.05) is 48.2 Å². The number of fused-ring (bicyclic) bond motifs is 4. The van der Waals surface area contributed by atoms with E-state index in [2.05, 4.69) is 121 Å². The smallest absolute Gasteiger partial charge is 0.263 e. The van der Waals surface area contributed by atoms with E-state index in [0.29, 0.717) is 5.75 Å². The molecule has 41 heavy (non-hydrogen) atoms. The molecule has 0 spiro atoms. The van der Waals surface area contributed by atoms with Crippen LogP contribution in [-0.4, -0.2) is 44.5 Å². The Morgan fingerprint density at radius 2 is 1.93 bits per heavy atom. The number of thioether (sulfide) groups is 1. The molecule has 216 valence electrons. The van der Waals surface area contributed by atoms with E-state index in [1.165, 1.54) is 52.7 Å². The molecule has 5 rings (SSSR count). The second kappa shape index (κ2) is 13.3. The Morgan fingerprint density at radius 1 is 1.10 bits per heavy atom. The number of thiazole rings is 1. The highest BCUT2D eigenvalue weighted by molar-refractivity contribution is 8.03. The van der Waals surface area contributed by atoms with Gasteiger partial charge in [0.2, 0.25) is 5.52 Å². The number of nitrogens with zero attached hydrogens (tertiary/aromatic N) is 3. The first kappa shape index (κ1) is 30.1. The Bertz CT molecular complexity index is 1590. The minimum absolute atomic E-state index is 0.667. The van der Waals surface area contributed by atoms with Gasteiger partial charge in [-0.15, -0.1) is 0 Å². The average molecular weight is 609 g/mol. The van der Waals surface area contributed by atoms with Crippen LogP contribution in [0.15, 0.2) is 76.2 Å². The van der Waals surface area contributed by atoms with E-state index < -0.39 is 0 Å². The number of aromatic nitrogens is 1. The highest BCUT2D eigenvalue weighted by Gasteiger charge is 2.26. The summed E-state index contributed by atoms with van der Waals surface area (Å²) >= 11 is 4.74. The van der Waals surface area contributed by atoms with Gasteiger partial charge in [-0.25, -0.2) is 0 Å². The van der Waals surface area contributed by atoms with E-state index in [1.54, 1.807) is 0 Å². The zero-order chi connectivity index (χ0) is 29.0. The first-order chi connectivity index (χ1) is 19.7. The molecule has 0 N–H and O–H groups in total. The van der Waals surface area contributed by atoms with Crippen LogP contribution in [0.2, 0.25) is 0 Å². The normalized spacial score (nSPS) is 15.0. The SMILES string of the molecule is CC(=Cc1sc2ccc3ccccc3c2[n+]1CCCSOO[O-])C=C1Sc2ccc(C)cc2N1CCC[N+](C)(C)C. The van der Waals surface area contributed by atoms with E-state index in [1.807, 2.05) is 23.1 Å². The second-order valence-corrected chi connectivity index (χ2v) is 14.4. The van der Waals surface area contributed by atoms with Crippen molar-refractivity contribution in [3.05, 3.63) is 81.8 Å². The van der Waals surface area contributed by atoms with Gasteiger partial charge in [0.25, 0.3) is 5.01 Å². The second-order valence-electron chi connectivity index (χ2n) is 11.5. The van der Waals surface area contributed by atoms with Gasteiger partial charge in [0.1, 0.15) is 4.70 Å². The van der Waals surface area contributed by atoms with Crippen molar-refractivity contribution in [1.29, 1.82) is 0 Å². The van der Waals surface area contributed by atoms with Crippen LogP contribution in [0.5, 0.6) is 0 Å². The Kier molecular flexibility index (Phi) is 9.76. The summed E-state index contributed by atoms with van der Waals surface area (Å²) in [5.41, 5.74) is 5.08. The van der Waals surface area contributed by atoms with Gasteiger partial charge in [-0.1, -0.05) is 53.4 Å². The molecule has 4 aromatic rings. The van der Waals surface area contributed by atoms with Crippen LogP contribution >= 0.6 is 35.1 Å². The van der Waals surface area contributed by atoms with Crippen LogP contribution in [0, 0.1) is 6.92 Å². The van der Waals surface area contributed by atoms with Gasteiger partial charge >= 0.3 is 0 Å². The van der Waals surface area contributed by atoms with Crippen LogP contribution in [0.3, 0.4) is 0 Å². The molecule has 1 aliphatic heterocycles. The van der Waals surface area contributed by atoms with Crippen LogP contribution in [0.25, 0.3) is 27.1 Å². The number of aryl methyl sites for hydroxylation is 2. The fourth-order valence-electron chi connectivity index (χ4n) is 5.22. The third-order valence-electron chi connectivity index (χ3n) is 7.10. The first-order valence-electron chi connectivity index (χ1n) is 13.9. The van der Waals surface area contributed by atoms with Crippen LogP contribution in [-0.2, 0) is 15.9 Å². The topological polar surface area (TPSA) is 48.6 Å². The summed E-state index contributed by atoms with van der Waals surface area (Å²) in [5, 5.41) is 18.7. The third kappa shape index (κ3) is 7.35. The maximum Gasteiger partial charge on any atom is 0.263 e. The lowest BCUT2D eigenvalue weighted by Gasteiger charge is -2.26. The fourth-order valence-corrected chi connectivity index (χ4v) is 7.97. The van der Waals surface area contributed by atoms with Crippen molar-refractivity contribution in [2.24, 2.45) is 0 Å². The number of rotatable bonds is 12. The zero-order valence-electron chi connectivity index (χ0n) is 24.4. The van der Waals surface area contributed by atoms with Crippen molar-refractivity contribution in [1.82, 2.24) is 0 Å². The molecule has 0 unspecified atom stereocenters. The van der Waals surface area contributed by atoms with Gasteiger partial charge < -0.3 is 14.6 Å². The molecular formula is C32H38N3O3S3+. The molecule has 0 fully saturated rings. The van der Waals surface area contributed by atoms with Gasteiger partial charge in [-0.3, -0.25) is 5.04 Å². The third-order valence-corrected chi connectivity index (χ3v) is 9.91. The molecule has 0 aliphatic carbocycles. The molecule has 9 heteroatoms. The van der Waals surface area contributed by atoms with Gasteiger partial charge in [0.15, 0.2) is 6.54 Å². The Morgan fingerprint density at radius 3 is 2.73 bits per heavy atom. The molecule has 0 atom stereocenters. The summed E-state index contributed by atoms with van der Waals surface area (Å²) in [6, 6.07) is 19.8. The Balaban J connectivity index is 1.49. The molecule has 1 aliphatic rings. The molecule has 3 aromatic carbocycles. The molecule has 1 aromatic heterocycles. The van der Waals surface area contributed by atoms with Crippen molar-refractivity contribution in [2.45, 2.75) is 38.1 Å². The molecule has 0 saturated carbocycles. The summed E-state index contributed by atoms with van der Waals surface area (Å²) in [4.78, 5) is 3.83. The van der Waals surface area contributed by atoms with E-state index in [4.69, 9.17) is 0 Å². The maximum absolute atomic E-state index is 10.2. The summed E-state index contributed by atoms with van der Waals surface area (Å²) in [7, 11) is 6.77. The van der Waals surface area contributed by atoms with Crippen molar-refractivity contribution in [3.8, 4) is 0 Å². The number of hydrogen-bond donors (Lipinski definition) is 0. The Labute approximate surface area is 255 Å². The predicted molar refractivity (Wildman–Crippen MR) is 172 cm³/mol. The molecule has 0 radical (unpaired) electrons. The van der Waals surface area contributed by atoms with E-state index in [-0.39, 0.29) is 0 Å². The average Bonchev–Trinajstić information content (AvgIpc) is 3.45. The number of allylic oxidation sites excluding steroid dienone is 2. The highest BCUT2D eigenvalue weighted by Crippen LogP contribution is 2.47. The zero-order valence-corrected chi connectivity index (χ0v) is 26.8. The fraction of sp³-hybridized carbons (Fsp3) is 0.344. The minimum Gasteiger partial charge on any atom is -0.691 e. The number of hydrogen-bond acceptors (Lipinski definition) is 7. The largest absolute Gasteiger partial charge is 0.691 e. The number of anilines is 1. The van der Waals surface area contributed by atoms with Crippen molar-refractivity contribution < 1.29 is 23.7 Å². The van der Waals surface area contributed by atoms with Crippen molar-refractivity contribution in [2.75, 3.05) is 44.9 Å². The first-order valence-corrected chi connectivity index (χ1v) is 16.5. The summed E-state index contributed by atoms with van der Waals surface area (Å²) in [6.07, 6.45) is 6.63. The Hall–Kier alpha value is -2.37. The lowest BCUT2D eigenvalue weighted by Crippen LogP contribution is -2.37. The van der Waals surface area contributed by atoms with E-state index in [9.17, 15) is 5.26 Å². The quantitative estimate of drug-likeness (QED) is 0.0437. The maximum atomic E-state index is 10.2. The van der Waals surface area contributed by atoms with Crippen LogP contribution < -0.4 is 14.7 Å². The standard InChI is InChI=1S/C32H38N3O3S3/c1-23-12-14-28-27(20-23)33(16-8-18-35(3,4)5)30(40-28)21-24(2)22-31-34(17-9-19-39-38-37-36)32-26-11-7-6-10-25(26)13-15-29(32)41-31/h6-7,10-15,20-22H,8-9,16-19H2,1-5H3/q+1. The van der Waals surface area contributed by atoms with Gasteiger partial charge in [0.05, 0.1) is 43.8 Å².